The Morgan fingerprint density at radius 1 is 1.13 bits per heavy atom. The van der Waals surface area contributed by atoms with E-state index in [0.717, 1.165) is 10.5 Å². The van der Waals surface area contributed by atoms with Crippen molar-refractivity contribution in [1.82, 2.24) is 0 Å². The van der Waals surface area contributed by atoms with E-state index in [1.54, 1.807) is 13.0 Å². The Bertz CT molecular complexity index is 1050. The summed E-state index contributed by atoms with van der Waals surface area (Å²) >= 11 is 1.51. The first-order valence-electron chi connectivity index (χ1n) is 9.86. The van der Waals surface area contributed by atoms with Gasteiger partial charge in [0.05, 0.1) is 16.3 Å². The third kappa shape index (κ3) is 5.43. The van der Waals surface area contributed by atoms with Crippen molar-refractivity contribution in [3.63, 3.8) is 0 Å². The summed E-state index contributed by atoms with van der Waals surface area (Å²) in [5.74, 6) is -0.490. The van der Waals surface area contributed by atoms with Crippen LogP contribution in [0.5, 0.6) is 0 Å². The second-order valence-corrected chi connectivity index (χ2v) is 10.9. The number of thioether (sulfide) groups is 1. The van der Waals surface area contributed by atoms with Gasteiger partial charge in [-0.05, 0) is 41.8 Å². The van der Waals surface area contributed by atoms with Crippen LogP contribution in [0.1, 0.15) is 38.7 Å². The van der Waals surface area contributed by atoms with Crippen LogP contribution >= 0.6 is 11.8 Å². The Hall–Kier alpha value is -2.32. The van der Waals surface area contributed by atoms with Gasteiger partial charge in [-0.2, -0.15) is 0 Å². The Morgan fingerprint density at radius 2 is 1.83 bits per heavy atom. The highest BCUT2D eigenvalue weighted by atomic mass is 32.2. The Balaban J connectivity index is 1.70. The first-order chi connectivity index (χ1) is 14.2. The quantitative estimate of drug-likeness (QED) is 0.690. The van der Waals surface area contributed by atoms with Crippen LogP contribution in [0.3, 0.4) is 0 Å². The monoisotopic (exact) mass is 446 g/mol. The van der Waals surface area contributed by atoms with Crippen molar-refractivity contribution in [2.24, 2.45) is 5.92 Å². The number of sulfone groups is 1. The van der Waals surface area contributed by atoms with Crippen LogP contribution < -0.4 is 10.6 Å². The number of nitrogens with one attached hydrogen (secondary N) is 2. The molecule has 0 saturated heterocycles. The summed E-state index contributed by atoms with van der Waals surface area (Å²) in [6.07, 6.45) is 0.386. The molecule has 0 spiro atoms. The third-order valence-electron chi connectivity index (χ3n) is 4.93. The molecule has 1 heterocycles. The molecule has 0 aromatic heterocycles. The zero-order chi connectivity index (χ0) is 21.9. The van der Waals surface area contributed by atoms with Crippen molar-refractivity contribution in [2.45, 2.75) is 42.9 Å². The van der Waals surface area contributed by atoms with Crippen LogP contribution in [0.4, 0.5) is 11.4 Å². The summed E-state index contributed by atoms with van der Waals surface area (Å²) in [5, 5.41) is 5.53. The summed E-state index contributed by atoms with van der Waals surface area (Å²) < 4.78 is 25.7. The molecule has 2 aromatic rings. The van der Waals surface area contributed by atoms with E-state index in [4.69, 9.17) is 0 Å². The molecule has 30 heavy (non-hydrogen) atoms. The number of carbonyl (C=O) groups excluding carboxylic acids is 2. The van der Waals surface area contributed by atoms with Crippen molar-refractivity contribution < 1.29 is 18.0 Å². The Morgan fingerprint density at radius 3 is 2.50 bits per heavy atom. The molecule has 1 aliphatic rings. The summed E-state index contributed by atoms with van der Waals surface area (Å²) in [6.45, 7) is 5.77. The van der Waals surface area contributed by atoms with Crippen molar-refractivity contribution >= 4 is 44.8 Å². The molecule has 1 unspecified atom stereocenters. The lowest BCUT2D eigenvalue weighted by atomic mass is 10.0. The average molecular weight is 447 g/mol. The van der Waals surface area contributed by atoms with E-state index in [9.17, 15) is 18.0 Å². The molecule has 2 N–H and O–H groups in total. The largest absolute Gasteiger partial charge is 0.326 e. The normalized spacial score (nSPS) is 15.1. The fourth-order valence-electron chi connectivity index (χ4n) is 3.11. The van der Waals surface area contributed by atoms with Gasteiger partial charge in [0.25, 0.3) is 0 Å². The molecule has 0 radical (unpaired) electrons. The van der Waals surface area contributed by atoms with E-state index in [2.05, 4.69) is 24.5 Å². The van der Waals surface area contributed by atoms with E-state index >= 15 is 0 Å². The molecule has 8 heteroatoms. The second kappa shape index (κ2) is 9.22. The number of hydrogen-bond donors (Lipinski definition) is 2. The van der Waals surface area contributed by atoms with E-state index < -0.39 is 15.8 Å². The topological polar surface area (TPSA) is 92.3 Å². The fourth-order valence-corrected chi connectivity index (χ4v) is 5.62. The van der Waals surface area contributed by atoms with Gasteiger partial charge in [-0.1, -0.05) is 32.9 Å². The number of fused-ring (bicyclic) bond motifs is 1. The minimum atomic E-state index is -3.70. The second-order valence-electron chi connectivity index (χ2n) is 7.75. The van der Waals surface area contributed by atoms with Gasteiger partial charge in [-0.15, -0.1) is 11.8 Å². The van der Waals surface area contributed by atoms with Crippen LogP contribution in [-0.4, -0.2) is 31.7 Å². The summed E-state index contributed by atoms with van der Waals surface area (Å²) in [4.78, 5) is 25.2. The number of rotatable bonds is 6. The highest BCUT2D eigenvalue weighted by Crippen LogP contribution is 2.33. The smallest absolute Gasteiger partial charge is 0.228 e. The SMILES string of the molecule is CC(CS(=O)(=O)c1ccc2c(c1)NC(=O)CCS2)C(=O)Nc1ccc(C(C)C)cc1. The maximum absolute atomic E-state index is 12.9. The highest BCUT2D eigenvalue weighted by molar-refractivity contribution is 7.99. The fraction of sp³-hybridized carbons (Fsp3) is 0.364. The Labute approximate surface area is 181 Å². The molecule has 0 fully saturated rings. The number of amides is 2. The first kappa shape index (κ1) is 22.4. The number of carbonyl (C=O) groups is 2. The van der Waals surface area contributed by atoms with Crippen molar-refractivity contribution in [3.05, 3.63) is 48.0 Å². The first-order valence-corrected chi connectivity index (χ1v) is 12.5. The van der Waals surface area contributed by atoms with Crippen LogP contribution in [0.25, 0.3) is 0 Å². The molecular weight excluding hydrogens is 420 g/mol. The predicted octanol–water partition coefficient (Wildman–Crippen LogP) is 4.29. The van der Waals surface area contributed by atoms with Crippen molar-refractivity contribution in [1.29, 1.82) is 0 Å². The maximum Gasteiger partial charge on any atom is 0.228 e. The van der Waals surface area contributed by atoms with Gasteiger partial charge in [-0.3, -0.25) is 9.59 Å². The summed E-state index contributed by atoms with van der Waals surface area (Å²) in [6, 6.07) is 12.3. The van der Waals surface area contributed by atoms with Crippen LogP contribution in [0.15, 0.2) is 52.3 Å². The predicted molar refractivity (Wildman–Crippen MR) is 121 cm³/mol. The minimum absolute atomic E-state index is 0.102. The molecule has 0 saturated carbocycles. The summed E-state index contributed by atoms with van der Waals surface area (Å²) in [5.41, 5.74) is 2.31. The zero-order valence-electron chi connectivity index (χ0n) is 17.3. The van der Waals surface area contributed by atoms with E-state index in [1.807, 2.05) is 24.3 Å². The van der Waals surface area contributed by atoms with E-state index in [0.29, 0.717) is 29.5 Å². The maximum atomic E-state index is 12.9. The van der Waals surface area contributed by atoms with Gasteiger partial charge in [0.2, 0.25) is 11.8 Å². The molecule has 160 valence electrons. The van der Waals surface area contributed by atoms with E-state index in [-0.39, 0.29) is 22.5 Å². The van der Waals surface area contributed by atoms with Gasteiger partial charge in [-0.25, -0.2) is 8.42 Å². The van der Waals surface area contributed by atoms with Gasteiger partial charge in [0, 0.05) is 28.7 Å². The zero-order valence-corrected chi connectivity index (χ0v) is 18.9. The lowest BCUT2D eigenvalue weighted by molar-refractivity contribution is -0.119. The molecule has 1 atom stereocenters. The molecule has 3 rings (SSSR count). The van der Waals surface area contributed by atoms with Gasteiger partial charge < -0.3 is 10.6 Å². The van der Waals surface area contributed by atoms with Crippen molar-refractivity contribution in [2.75, 3.05) is 22.1 Å². The Kier molecular flexibility index (Phi) is 6.88. The lowest BCUT2D eigenvalue weighted by Gasteiger charge is -2.15. The van der Waals surface area contributed by atoms with Crippen LogP contribution in [0, 0.1) is 5.92 Å². The molecule has 0 bridgehead atoms. The molecule has 2 aromatic carbocycles. The molecule has 6 nitrogen and oxygen atoms in total. The standard InChI is InChI=1S/C22H26N2O4S2/c1-14(2)16-4-6-17(7-5-16)23-22(26)15(3)13-30(27,28)18-8-9-20-19(12-18)24-21(25)10-11-29-20/h4-9,12,14-15H,10-11,13H2,1-3H3,(H,23,26)(H,24,25). The minimum Gasteiger partial charge on any atom is -0.326 e. The van der Waals surface area contributed by atoms with Crippen LogP contribution in [-0.2, 0) is 19.4 Å². The van der Waals surface area contributed by atoms with E-state index in [1.165, 1.54) is 23.9 Å². The highest BCUT2D eigenvalue weighted by Gasteiger charge is 2.25. The lowest BCUT2D eigenvalue weighted by Crippen LogP contribution is -2.27. The molecule has 1 aliphatic heterocycles. The molecule has 2 amide bonds. The number of hydrogen-bond acceptors (Lipinski definition) is 5. The number of benzene rings is 2. The average Bonchev–Trinajstić information content (AvgIpc) is 2.87. The molecular formula is C22H26N2O4S2. The summed E-state index contributed by atoms with van der Waals surface area (Å²) in [7, 11) is -3.70. The van der Waals surface area contributed by atoms with Crippen molar-refractivity contribution in [3.8, 4) is 0 Å². The van der Waals surface area contributed by atoms with Crippen LogP contribution in [0.2, 0.25) is 0 Å². The van der Waals surface area contributed by atoms with Gasteiger partial charge in [0.15, 0.2) is 9.84 Å². The number of anilines is 2. The molecule has 0 aliphatic carbocycles. The van der Waals surface area contributed by atoms with Gasteiger partial charge in [0.1, 0.15) is 0 Å². The third-order valence-corrected chi connectivity index (χ3v) is 7.92. The van der Waals surface area contributed by atoms with Gasteiger partial charge >= 0.3 is 0 Å².